The standard InChI is InChI=1S/C15H12N2O4/c1-2-20-15(19)21-13-6-10-12(7-16-13)17-11-5-3-4-9(8-18)14(10)11/h3-8,17H,2H2,1H3. The van der Waals surface area contributed by atoms with Crippen molar-refractivity contribution in [2.24, 2.45) is 0 Å². The number of ether oxygens (including phenoxy) is 2. The fourth-order valence-electron chi connectivity index (χ4n) is 2.25. The number of H-pyrrole nitrogens is 1. The minimum absolute atomic E-state index is 0.127. The molecule has 1 aromatic carbocycles. The number of aldehydes is 1. The predicted octanol–water partition coefficient (Wildman–Crippen LogP) is 3.06. The molecule has 0 unspecified atom stereocenters. The molecule has 6 nitrogen and oxygen atoms in total. The maximum absolute atomic E-state index is 11.3. The summed E-state index contributed by atoms with van der Waals surface area (Å²) in [6.45, 7) is 1.91. The van der Waals surface area contributed by atoms with Gasteiger partial charge in [-0.05, 0) is 13.0 Å². The van der Waals surface area contributed by atoms with Gasteiger partial charge in [-0.3, -0.25) is 4.79 Å². The number of pyridine rings is 1. The number of fused-ring (bicyclic) bond motifs is 3. The van der Waals surface area contributed by atoms with Crippen LogP contribution in [0, 0.1) is 0 Å². The van der Waals surface area contributed by atoms with Crippen LogP contribution in [0.1, 0.15) is 17.3 Å². The summed E-state index contributed by atoms with van der Waals surface area (Å²) >= 11 is 0. The fourth-order valence-corrected chi connectivity index (χ4v) is 2.25. The van der Waals surface area contributed by atoms with Crippen LogP contribution in [0.25, 0.3) is 21.8 Å². The molecular weight excluding hydrogens is 272 g/mol. The molecule has 0 amide bonds. The third kappa shape index (κ3) is 2.31. The lowest BCUT2D eigenvalue weighted by molar-refractivity contribution is 0.102. The molecule has 0 fully saturated rings. The lowest BCUT2D eigenvalue weighted by Gasteiger charge is -2.03. The zero-order chi connectivity index (χ0) is 14.8. The second-order valence-electron chi connectivity index (χ2n) is 4.37. The monoisotopic (exact) mass is 284 g/mol. The first kappa shape index (κ1) is 13.1. The Bertz CT molecular complexity index is 838. The zero-order valence-corrected chi connectivity index (χ0v) is 11.3. The first-order valence-electron chi connectivity index (χ1n) is 6.43. The normalized spacial score (nSPS) is 10.7. The molecule has 3 rings (SSSR count). The Morgan fingerprint density at radius 1 is 1.38 bits per heavy atom. The summed E-state index contributed by atoms with van der Waals surface area (Å²) in [4.78, 5) is 29.7. The van der Waals surface area contributed by atoms with Gasteiger partial charge in [-0.2, -0.15) is 0 Å². The number of nitrogens with one attached hydrogen (secondary N) is 1. The van der Waals surface area contributed by atoms with Crippen molar-refractivity contribution in [1.29, 1.82) is 0 Å². The Morgan fingerprint density at radius 3 is 3.00 bits per heavy atom. The van der Waals surface area contributed by atoms with Crippen molar-refractivity contribution >= 4 is 34.2 Å². The summed E-state index contributed by atoms with van der Waals surface area (Å²) in [6.07, 6.45) is 1.54. The number of carbonyl (C=O) groups excluding carboxylic acids is 2. The molecule has 0 aliphatic heterocycles. The van der Waals surface area contributed by atoms with Gasteiger partial charge in [0.05, 0.1) is 18.3 Å². The Morgan fingerprint density at radius 2 is 2.24 bits per heavy atom. The molecule has 3 aromatic rings. The molecule has 0 saturated carbocycles. The average Bonchev–Trinajstić information content (AvgIpc) is 2.85. The van der Waals surface area contributed by atoms with Crippen LogP contribution < -0.4 is 4.74 Å². The van der Waals surface area contributed by atoms with Crippen LogP contribution in [0.4, 0.5) is 4.79 Å². The molecule has 1 N–H and O–H groups in total. The molecule has 21 heavy (non-hydrogen) atoms. The van der Waals surface area contributed by atoms with Crippen molar-refractivity contribution < 1.29 is 19.1 Å². The minimum Gasteiger partial charge on any atom is -0.434 e. The van der Waals surface area contributed by atoms with Gasteiger partial charge in [0.25, 0.3) is 0 Å². The van der Waals surface area contributed by atoms with E-state index in [4.69, 9.17) is 9.47 Å². The predicted molar refractivity (Wildman–Crippen MR) is 76.6 cm³/mol. The summed E-state index contributed by atoms with van der Waals surface area (Å²) in [7, 11) is 0. The van der Waals surface area contributed by atoms with E-state index in [2.05, 4.69) is 9.97 Å². The number of hydrogen-bond acceptors (Lipinski definition) is 5. The number of rotatable bonds is 3. The van der Waals surface area contributed by atoms with Gasteiger partial charge in [0, 0.05) is 27.9 Å². The van der Waals surface area contributed by atoms with Gasteiger partial charge < -0.3 is 14.5 Å². The fraction of sp³-hybridized carbons (Fsp3) is 0.133. The first-order valence-corrected chi connectivity index (χ1v) is 6.43. The van der Waals surface area contributed by atoms with E-state index in [1.165, 1.54) is 0 Å². The summed E-state index contributed by atoms with van der Waals surface area (Å²) < 4.78 is 9.69. The lowest BCUT2D eigenvalue weighted by atomic mass is 10.1. The highest BCUT2D eigenvalue weighted by atomic mass is 16.7. The van der Waals surface area contributed by atoms with Gasteiger partial charge in [-0.15, -0.1) is 0 Å². The van der Waals surface area contributed by atoms with E-state index in [-0.39, 0.29) is 12.5 Å². The second kappa shape index (κ2) is 5.24. The Kier molecular flexibility index (Phi) is 3.27. The topological polar surface area (TPSA) is 81.3 Å². The van der Waals surface area contributed by atoms with Crippen LogP contribution >= 0.6 is 0 Å². The highest BCUT2D eigenvalue weighted by Crippen LogP contribution is 2.29. The summed E-state index contributed by atoms with van der Waals surface area (Å²) in [5.74, 6) is 0.127. The van der Waals surface area contributed by atoms with Crippen molar-refractivity contribution in [2.75, 3.05) is 6.61 Å². The zero-order valence-electron chi connectivity index (χ0n) is 11.3. The Hall–Kier alpha value is -2.89. The largest absolute Gasteiger partial charge is 0.515 e. The molecule has 0 bridgehead atoms. The maximum Gasteiger partial charge on any atom is 0.515 e. The molecule has 0 saturated heterocycles. The summed E-state index contributed by atoms with van der Waals surface area (Å²) in [6, 6.07) is 7.01. The van der Waals surface area contributed by atoms with Crippen LogP contribution in [0.5, 0.6) is 5.88 Å². The van der Waals surface area contributed by atoms with E-state index < -0.39 is 6.16 Å². The first-order chi connectivity index (χ1) is 10.2. The molecule has 0 radical (unpaired) electrons. The third-order valence-corrected chi connectivity index (χ3v) is 3.09. The molecule has 2 heterocycles. The number of benzene rings is 1. The third-order valence-electron chi connectivity index (χ3n) is 3.09. The summed E-state index contributed by atoms with van der Waals surface area (Å²) in [5, 5.41) is 1.54. The minimum atomic E-state index is -0.806. The van der Waals surface area contributed by atoms with Crippen LogP contribution in [0.2, 0.25) is 0 Å². The number of aromatic amines is 1. The van der Waals surface area contributed by atoms with Gasteiger partial charge in [0.2, 0.25) is 5.88 Å². The van der Waals surface area contributed by atoms with Crippen molar-refractivity contribution in [2.45, 2.75) is 6.92 Å². The summed E-state index contributed by atoms with van der Waals surface area (Å²) in [5.41, 5.74) is 2.15. The van der Waals surface area contributed by atoms with Crippen LogP contribution in [-0.2, 0) is 4.74 Å². The lowest BCUT2D eigenvalue weighted by Crippen LogP contribution is -2.10. The molecule has 0 aliphatic rings. The smallest absolute Gasteiger partial charge is 0.434 e. The van der Waals surface area contributed by atoms with Gasteiger partial charge >= 0.3 is 6.16 Å². The molecule has 6 heteroatoms. The maximum atomic E-state index is 11.3. The van der Waals surface area contributed by atoms with E-state index in [1.807, 2.05) is 6.07 Å². The van der Waals surface area contributed by atoms with Crippen LogP contribution in [0.3, 0.4) is 0 Å². The van der Waals surface area contributed by atoms with Crippen LogP contribution in [-0.4, -0.2) is 29.0 Å². The van der Waals surface area contributed by atoms with Crippen molar-refractivity contribution in [1.82, 2.24) is 9.97 Å². The Labute approximate surface area is 119 Å². The molecular formula is C15H12N2O4. The average molecular weight is 284 g/mol. The van der Waals surface area contributed by atoms with Crippen molar-refractivity contribution in [3.8, 4) is 5.88 Å². The SMILES string of the molecule is CCOC(=O)Oc1cc2c(cn1)[nH]c1cccc(C=O)c12. The van der Waals surface area contributed by atoms with E-state index >= 15 is 0 Å². The van der Waals surface area contributed by atoms with E-state index in [0.717, 1.165) is 28.1 Å². The molecule has 106 valence electrons. The number of hydrogen-bond donors (Lipinski definition) is 1. The molecule has 0 atom stereocenters. The van der Waals surface area contributed by atoms with Crippen molar-refractivity contribution in [3.63, 3.8) is 0 Å². The van der Waals surface area contributed by atoms with E-state index in [1.54, 1.807) is 31.3 Å². The quantitative estimate of drug-likeness (QED) is 0.590. The molecule has 0 aliphatic carbocycles. The van der Waals surface area contributed by atoms with E-state index in [9.17, 15) is 9.59 Å². The van der Waals surface area contributed by atoms with E-state index in [0.29, 0.717) is 5.56 Å². The van der Waals surface area contributed by atoms with Crippen molar-refractivity contribution in [3.05, 3.63) is 36.0 Å². The molecule has 0 spiro atoms. The van der Waals surface area contributed by atoms with Gasteiger partial charge in [-0.25, -0.2) is 9.78 Å². The molecule has 2 aromatic heterocycles. The number of nitrogens with zero attached hydrogens (tertiary/aromatic N) is 1. The number of aromatic nitrogens is 2. The van der Waals surface area contributed by atoms with Crippen LogP contribution in [0.15, 0.2) is 30.5 Å². The van der Waals surface area contributed by atoms with Gasteiger partial charge in [0.15, 0.2) is 6.29 Å². The highest BCUT2D eigenvalue weighted by Gasteiger charge is 2.12. The number of carbonyl (C=O) groups is 2. The second-order valence-corrected chi connectivity index (χ2v) is 4.37. The Balaban J connectivity index is 2.13. The van der Waals surface area contributed by atoms with Gasteiger partial charge in [-0.1, -0.05) is 12.1 Å². The highest BCUT2D eigenvalue weighted by molar-refractivity contribution is 6.13. The van der Waals surface area contributed by atoms with Gasteiger partial charge in [0.1, 0.15) is 0 Å².